The van der Waals surface area contributed by atoms with Crippen molar-refractivity contribution >= 4 is 0 Å². The van der Waals surface area contributed by atoms with Crippen LogP contribution in [0.4, 0.5) is 0 Å². The molecule has 2 aromatic carbocycles. The second-order valence-corrected chi connectivity index (χ2v) is 5.82. The van der Waals surface area contributed by atoms with Crippen molar-refractivity contribution in [2.45, 2.75) is 18.9 Å². The van der Waals surface area contributed by atoms with Gasteiger partial charge in [-0.25, -0.2) is 0 Å². The third-order valence-corrected chi connectivity index (χ3v) is 4.47. The van der Waals surface area contributed by atoms with Gasteiger partial charge in [0.25, 0.3) is 0 Å². The number of hydrogen-bond donors (Lipinski definition) is 3. The Morgan fingerprint density at radius 2 is 1.83 bits per heavy atom. The number of aromatic hydroxyl groups is 2. The minimum absolute atomic E-state index is 0.155. The van der Waals surface area contributed by atoms with Crippen molar-refractivity contribution in [3.05, 3.63) is 47.0 Å². The van der Waals surface area contributed by atoms with E-state index in [9.17, 15) is 10.2 Å². The van der Waals surface area contributed by atoms with Crippen LogP contribution in [0.2, 0.25) is 0 Å². The molecule has 1 aliphatic heterocycles. The molecule has 122 valence electrons. The van der Waals surface area contributed by atoms with Crippen LogP contribution in [0.5, 0.6) is 23.0 Å². The number of phenolic OH excluding ortho intramolecular Hbond substituents is 2. The Kier molecular flexibility index (Phi) is 4.30. The maximum absolute atomic E-state index is 10.3. The molecule has 2 aromatic rings. The number of fused-ring (bicyclic) bond motifs is 1. The molecule has 1 heterocycles. The summed E-state index contributed by atoms with van der Waals surface area (Å²) in [6.07, 6.45) is 0.798. The zero-order chi connectivity index (χ0) is 16.4. The minimum Gasteiger partial charge on any atom is -0.504 e. The summed E-state index contributed by atoms with van der Waals surface area (Å²) < 4.78 is 10.3. The van der Waals surface area contributed by atoms with E-state index in [1.807, 2.05) is 18.2 Å². The molecule has 0 saturated carbocycles. The van der Waals surface area contributed by atoms with Crippen molar-refractivity contribution < 1.29 is 25.0 Å². The first-order valence-electron chi connectivity index (χ1n) is 7.70. The first kappa shape index (κ1) is 15.5. The van der Waals surface area contributed by atoms with Gasteiger partial charge in [-0.05, 0) is 35.7 Å². The van der Waals surface area contributed by atoms with Crippen LogP contribution >= 0.6 is 0 Å². The fraction of sp³-hybridized carbons (Fsp3) is 0.333. The summed E-state index contributed by atoms with van der Waals surface area (Å²) in [5.41, 5.74) is 3.14. The summed E-state index contributed by atoms with van der Waals surface area (Å²) in [5.74, 6) is 1.67. The van der Waals surface area contributed by atoms with E-state index in [0.717, 1.165) is 36.2 Å². The van der Waals surface area contributed by atoms with Crippen LogP contribution in [0.25, 0.3) is 0 Å². The summed E-state index contributed by atoms with van der Waals surface area (Å²) in [6, 6.07) is 9.35. The molecule has 0 saturated heterocycles. The van der Waals surface area contributed by atoms with E-state index in [1.54, 1.807) is 19.2 Å². The number of hydrogen-bond acceptors (Lipinski definition) is 4. The third kappa shape index (κ3) is 2.92. The standard InChI is InChI=1S/C18H21NO4/c1-22-16-5-3-11(8-15(16)20)7-12-9-19-10-14-13(12)4-6-17(23-2)18(14)21/h3-6,8,12,19-21H,7,9-10H2,1-2H3/p+1/t12-/m1/s1. The number of methoxy groups -OCH3 is 2. The van der Waals surface area contributed by atoms with Gasteiger partial charge in [0.05, 0.1) is 26.3 Å². The molecule has 0 aromatic heterocycles. The van der Waals surface area contributed by atoms with Gasteiger partial charge in [-0.2, -0.15) is 0 Å². The molecule has 3 rings (SSSR count). The fourth-order valence-electron chi connectivity index (χ4n) is 3.29. The fourth-order valence-corrected chi connectivity index (χ4v) is 3.29. The Balaban J connectivity index is 1.89. The topological polar surface area (TPSA) is 75.5 Å². The van der Waals surface area contributed by atoms with Crippen molar-refractivity contribution in [2.75, 3.05) is 20.8 Å². The molecular formula is C18H22NO4+. The Morgan fingerprint density at radius 1 is 1.09 bits per heavy atom. The summed E-state index contributed by atoms with van der Waals surface area (Å²) in [6.45, 7) is 1.70. The predicted octanol–water partition coefficient (Wildman–Crippen LogP) is 1.52. The molecule has 5 nitrogen and oxygen atoms in total. The van der Waals surface area contributed by atoms with Gasteiger partial charge in [-0.15, -0.1) is 0 Å². The summed E-state index contributed by atoms with van der Waals surface area (Å²) in [7, 11) is 3.10. The Hall–Kier alpha value is -2.40. The van der Waals surface area contributed by atoms with Gasteiger partial charge < -0.3 is 25.0 Å². The molecule has 1 atom stereocenters. The van der Waals surface area contributed by atoms with Crippen LogP contribution in [-0.4, -0.2) is 31.0 Å². The average Bonchev–Trinajstić information content (AvgIpc) is 2.56. The van der Waals surface area contributed by atoms with E-state index in [-0.39, 0.29) is 17.4 Å². The van der Waals surface area contributed by atoms with Crippen molar-refractivity contribution in [1.29, 1.82) is 0 Å². The highest BCUT2D eigenvalue weighted by atomic mass is 16.5. The van der Waals surface area contributed by atoms with E-state index in [1.165, 1.54) is 7.11 Å². The number of quaternary nitrogens is 1. The zero-order valence-electron chi connectivity index (χ0n) is 13.4. The minimum atomic E-state index is 0.155. The predicted molar refractivity (Wildman–Crippen MR) is 86.3 cm³/mol. The lowest BCUT2D eigenvalue weighted by molar-refractivity contribution is -0.676. The van der Waals surface area contributed by atoms with Crippen molar-refractivity contribution in [3.63, 3.8) is 0 Å². The molecule has 0 aliphatic carbocycles. The van der Waals surface area contributed by atoms with Crippen molar-refractivity contribution in [1.82, 2.24) is 0 Å². The molecular weight excluding hydrogens is 294 g/mol. The van der Waals surface area contributed by atoms with Gasteiger partial charge in [0.2, 0.25) is 0 Å². The summed E-state index contributed by atoms with van der Waals surface area (Å²) in [5, 5.41) is 22.5. The van der Waals surface area contributed by atoms with E-state index < -0.39 is 0 Å². The van der Waals surface area contributed by atoms with Crippen LogP contribution in [0.15, 0.2) is 30.3 Å². The molecule has 0 spiro atoms. The molecule has 4 N–H and O–H groups in total. The lowest BCUT2D eigenvalue weighted by Crippen LogP contribution is -2.85. The monoisotopic (exact) mass is 316 g/mol. The lowest BCUT2D eigenvalue weighted by atomic mass is 9.85. The Morgan fingerprint density at radius 3 is 2.52 bits per heavy atom. The average molecular weight is 316 g/mol. The van der Waals surface area contributed by atoms with Crippen LogP contribution < -0.4 is 14.8 Å². The number of rotatable bonds is 4. The van der Waals surface area contributed by atoms with E-state index in [0.29, 0.717) is 11.5 Å². The van der Waals surface area contributed by atoms with Crippen molar-refractivity contribution in [2.24, 2.45) is 0 Å². The van der Waals surface area contributed by atoms with Crippen molar-refractivity contribution in [3.8, 4) is 23.0 Å². The molecule has 0 unspecified atom stereocenters. The largest absolute Gasteiger partial charge is 0.504 e. The zero-order valence-corrected chi connectivity index (χ0v) is 13.4. The molecule has 0 radical (unpaired) electrons. The summed E-state index contributed by atoms with van der Waals surface area (Å²) in [4.78, 5) is 0. The van der Waals surface area contributed by atoms with Gasteiger partial charge in [0, 0.05) is 5.92 Å². The highest BCUT2D eigenvalue weighted by molar-refractivity contribution is 5.51. The summed E-state index contributed by atoms with van der Waals surface area (Å²) >= 11 is 0. The van der Waals surface area contributed by atoms with Gasteiger partial charge in [0.15, 0.2) is 23.0 Å². The highest BCUT2D eigenvalue weighted by Crippen LogP contribution is 2.37. The SMILES string of the molecule is COc1ccc(C[C@@H]2C[NH2+]Cc3c2ccc(OC)c3O)cc1O. The van der Waals surface area contributed by atoms with Gasteiger partial charge in [-0.3, -0.25) is 0 Å². The number of nitrogens with two attached hydrogens (primary N) is 1. The maximum atomic E-state index is 10.3. The van der Waals surface area contributed by atoms with Crippen LogP contribution in [0.1, 0.15) is 22.6 Å². The van der Waals surface area contributed by atoms with E-state index >= 15 is 0 Å². The molecule has 1 aliphatic rings. The maximum Gasteiger partial charge on any atom is 0.166 e. The van der Waals surface area contributed by atoms with Gasteiger partial charge >= 0.3 is 0 Å². The third-order valence-electron chi connectivity index (χ3n) is 4.47. The quantitative estimate of drug-likeness (QED) is 0.799. The Bertz CT molecular complexity index is 714. The first-order valence-corrected chi connectivity index (χ1v) is 7.70. The second kappa shape index (κ2) is 6.38. The number of ether oxygens (including phenoxy) is 2. The van der Waals surface area contributed by atoms with Crippen LogP contribution in [-0.2, 0) is 13.0 Å². The normalized spacial score (nSPS) is 16.7. The molecule has 23 heavy (non-hydrogen) atoms. The number of phenols is 2. The van der Waals surface area contributed by atoms with E-state index in [4.69, 9.17) is 9.47 Å². The lowest BCUT2D eigenvalue weighted by Gasteiger charge is -2.25. The van der Waals surface area contributed by atoms with E-state index in [2.05, 4.69) is 5.32 Å². The smallest absolute Gasteiger partial charge is 0.166 e. The Labute approximate surface area is 135 Å². The van der Waals surface area contributed by atoms with Gasteiger partial charge in [-0.1, -0.05) is 12.1 Å². The molecule has 0 fully saturated rings. The second-order valence-electron chi connectivity index (χ2n) is 5.82. The molecule has 0 bridgehead atoms. The number of benzene rings is 2. The molecule has 0 amide bonds. The first-order chi connectivity index (χ1) is 11.1. The van der Waals surface area contributed by atoms with Crippen LogP contribution in [0.3, 0.4) is 0 Å². The highest BCUT2D eigenvalue weighted by Gasteiger charge is 2.27. The van der Waals surface area contributed by atoms with Crippen LogP contribution in [0, 0.1) is 0 Å². The van der Waals surface area contributed by atoms with Gasteiger partial charge in [0.1, 0.15) is 6.54 Å². The molecule has 5 heteroatoms.